The maximum absolute atomic E-state index is 15.3. The molecule has 186 valence electrons. The van der Waals surface area contributed by atoms with Gasteiger partial charge in [-0.1, -0.05) is 12.1 Å². The zero-order valence-corrected chi connectivity index (χ0v) is 20.0. The van der Waals surface area contributed by atoms with Crippen LogP contribution in [0.5, 0.6) is 0 Å². The molecule has 0 aliphatic carbocycles. The van der Waals surface area contributed by atoms with Gasteiger partial charge in [0.2, 0.25) is 0 Å². The number of aliphatic hydroxyl groups is 1. The third kappa shape index (κ3) is 3.98. The first-order chi connectivity index (χ1) is 16.5. The van der Waals surface area contributed by atoms with Crippen LogP contribution in [0.2, 0.25) is 0 Å². The molecule has 35 heavy (non-hydrogen) atoms. The number of halogens is 3. The Bertz CT molecular complexity index is 1280. The van der Waals surface area contributed by atoms with Gasteiger partial charge in [-0.25, -0.2) is 9.37 Å². The number of fused-ring (bicyclic) bond motifs is 3. The van der Waals surface area contributed by atoms with Crippen LogP contribution in [-0.4, -0.2) is 51.2 Å². The van der Waals surface area contributed by atoms with E-state index in [1.807, 2.05) is 13.0 Å². The Morgan fingerprint density at radius 1 is 1.23 bits per heavy atom. The molecule has 1 unspecified atom stereocenters. The van der Waals surface area contributed by atoms with Crippen molar-refractivity contribution in [3.63, 3.8) is 0 Å². The Balaban J connectivity index is 1.49. The first kappa shape index (κ1) is 23.7. The van der Waals surface area contributed by atoms with Gasteiger partial charge in [-0.15, -0.1) is 5.10 Å². The number of hydrogen-bond acceptors (Lipinski definition) is 7. The smallest absolute Gasteiger partial charge is 0.303 e. The molecule has 2 saturated heterocycles. The SMILES string of the molecule is Cc1nnc(NC(C)c2cccc(C(F)(F)C(C)(C)O)c2F)c2cc(N3C[C@H]4C[C@@H]3CO4)ncc12. The number of alkyl halides is 2. The van der Waals surface area contributed by atoms with Crippen LogP contribution in [0.15, 0.2) is 30.5 Å². The van der Waals surface area contributed by atoms with Crippen LogP contribution in [-0.2, 0) is 10.7 Å². The summed E-state index contributed by atoms with van der Waals surface area (Å²) in [5.74, 6) is -3.64. The van der Waals surface area contributed by atoms with Gasteiger partial charge < -0.3 is 20.1 Å². The Labute approximate surface area is 201 Å². The van der Waals surface area contributed by atoms with Gasteiger partial charge in [0, 0.05) is 29.1 Å². The standard InChI is InChI=1S/C25H28F3N5O2/c1-13(17-6-5-7-20(22(17)26)25(27,28)24(3,4)34)30-23-18-9-21(29-10-19(18)14(2)31-32-23)33-11-16-8-15(33)12-35-16/h5-7,9-10,13,15-16,34H,8,11-12H2,1-4H3,(H,30,32)/t13?,15-,16-/m1/s1. The second-order valence-electron chi connectivity index (χ2n) is 9.93. The molecule has 2 aliphatic heterocycles. The van der Waals surface area contributed by atoms with Gasteiger partial charge in [0.05, 0.1) is 36.1 Å². The lowest BCUT2D eigenvalue weighted by Gasteiger charge is -2.30. The molecule has 10 heteroatoms. The number of morpholine rings is 1. The van der Waals surface area contributed by atoms with Crippen LogP contribution < -0.4 is 10.2 Å². The van der Waals surface area contributed by atoms with Crippen molar-refractivity contribution < 1.29 is 23.0 Å². The second-order valence-corrected chi connectivity index (χ2v) is 9.93. The normalized spacial score (nSPS) is 21.1. The molecule has 4 heterocycles. The minimum absolute atomic E-state index is 0.0326. The molecule has 7 nitrogen and oxygen atoms in total. The summed E-state index contributed by atoms with van der Waals surface area (Å²) in [7, 11) is 0. The summed E-state index contributed by atoms with van der Waals surface area (Å²) in [6, 6.07) is 5.30. The van der Waals surface area contributed by atoms with Gasteiger partial charge in [-0.05, 0) is 46.2 Å². The fourth-order valence-corrected chi connectivity index (χ4v) is 4.84. The molecular weight excluding hydrogens is 459 g/mol. The topological polar surface area (TPSA) is 83.4 Å². The van der Waals surface area contributed by atoms with E-state index in [4.69, 9.17) is 4.74 Å². The predicted octanol–water partition coefficient (Wildman–Crippen LogP) is 4.49. The van der Waals surface area contributed by atoms with Crippen LogP contribution in [0.1, 0.15) is 50.1 Å². The van der Waals surface area contributed by atoms with Crippen LogP contribution in [0.4, 0.5) is 24.8 Å². The van der Waals surface area contributed by atoms with Crippen molar-refractivity contribution in [3.8, 4) is 0 Å². The summed E-state index contributed by atoms with van der Waals surface area (Å²) >= 11 is 0. The highest BCUT2D eigenvalue weighted by molar-refractivity contribution is 5.94. The minimum atomic E-state index is -3.78. The lowest BCUT2D eigenvalue weighted by atomic mass is 9.91. The molecular formula is C25H28F3N5O2. The molecule has 0 spiro atoms. The Kier molecular flexibility index (Phi) is 5.63. The highest BCUT2D eigenvalue weighted by atomic mass is 19.3. The second kappa shape index (κ2) is 8.30. The van der Waals surface area contributed by atoms with Gasteiger partial charge in [0.15, 0.2) is 5.82 Å². The number of aromatic nitrogens is 3. The average molecular weight is 488 g/mol. The van der Waals surface area contributed by atoms with Gasteiger partial charge in [0.1, 0.15) is 17.2 Å². The number of aryl methyl sites for hydroxylation is 1. The van der Waals surface area contributed by atoms with Crippen LogP contribution in [0.25, 0.3) is 10.8 Å². The quantitative estimate of drug-likeness (QED) is 0.530. The monoisotopic (exact) mass is 487 g/mol. The lowest BCUT2D eigenvalue weighted by Crippen LogP contribution is -2.41. The van der Waals surface area contributed by atoms with E-state index in [9.17, 15) is 13.9 Å². The lowest BCUT2D eigenvalue weighted by molar-refractivity contribution is -0.170. The predicted molar refractivity (Wildman–Crippen MR) is 126 cm³/mol. The number of pyridine rings is 1. The first-order valence-corrected chi connectivity index (χ1v) is 11.6. The number of anilines is 2. The average Bonchev–Trinajstić information content (AvgIpc) is 3.44. The molecule has 0 radical (unpaired) electrons. The van der Waals surface area contributed by atoms with Crippen LogP contribution in [0.3, 0.4) is 0 Å². The molecule has 1 aromatic carbocycles. The van der Waals surface area contributed by atoms with E-state index in [0.29, 0.717) is 18.1 Å². The third-order valence-electron chi connectivity index (χ3n) is 6.98. The van der Waals surface area contributed by atoms with Gasteiger partial charge in [-0.2, -0.15) is 13.9 Å². The molecule has 0 amide bonds. The van der Waals surface area contributed by atoms with Crippen LogP contribution >= 0.6 is 0 Å². The van der Waals surface area contributed by atoms with Crippen molar-refractivity contribution in [2.45, 2.75) is 63.8 Å². The van der Waals surface area contributed by atoms with E-state index in [2.05, 4.69) is 25.4 Å². The highest BCUT2D eigenvalue weighted by Crippen LogP contribution is 2.41. The summed E-state index contributed by atoms with van der Waals surface area (Å²) in [4.78, 5) is 6.85. The van der Waals surface area contributed by atoms with E-state index < -0.39 is 28.9 Å². The summed E-state index contributed by atoms with van der Waals surface area (Å²) in [5, 5.41) is 23.1. The molecule has 0 saturated carbocycles. The Morgan fingerprint density at radius 3 is 2.66 bits per heavy atom. The summed E-state index contributed by atoms with van der Waals surface area (Å²) in [6.45, 7) is 6.85. The molecule has 2 aromatic heterocycles. The van der Waals surface area contributed by atoms with E-state index in [-0.39, 0.29) is 17.7 Å². The fourth-order valence-electron chi connectivity index (χ4n) is 4.84. The zero-order chi connectivity index (χ0) is 25.1. The Morgan fingerprint density at radius 2 is 2.00 bits per heavy atom. The number of ether oxygens (including phenoxy) is 1. The van der Waals surface area contributed by atoms with E-state index in [1.54, 1.807) is 13.1 Å². The number of nitrogens with one attached hydrogen (secondary N) is 1. The van der Waals surface area contributed by atoms with E-state index in [1.165, 1.54) is 12.1 Å². The molecule has 5 rings (SSSR count). The van der Waals surface area contributed by atoms with Crippen molar-refractivity contribution >= 4 is 22.4 Å². The van der Waals surface area contributed by atoms with Gasteiger partial charge >= 0.3 is 5.92 Å². The molecule has 3 aromatic rings. The van der Waals surface area contributed by atoms with Gasteiger partial charge in [0.25, 0.3) is 0 Å². The molecule has 3 atom stereocenters. The Hall–Kier alpha value is -2.98. The molecule has 2 bridgehead atoms. The maximum Gasteiger partial charge on any atom is 0.303 e. The summed E-state index contributed by atoms with van der Waals surface area (Å²) in [5.41, 5.74) is -2.55. The minimum Gasteiger partial charge on any atom is -0.384 e. The van der Waals surface area contributed by atoms with Crippen molar-refractivity contribution in [1.82, 2.24) is 15.2 Å². The van der Waals surface area contributed by atoms with Crippen molar-refractivity contribution in [1.29, 1.82) is 0 Å². The summed E-state index contributed by atoms with van der Waals surface area (Å²) in [6.07, 6.45) is 2.94. The number of nitrogens with zero attached hydrogens (tertiary/aromatic N) is 4. The van der Waals surface area contributed by atoms with E-state index in [0.717, 1.165) is 49.5 Å². The number of rotatable bonds is 6. The largest absolute Gasteiger partial charge is 0.384 e. The van der Waals surface area contributed by atoms with Crippen molar-refractivity contribution in [2.75, 3.05) is 23.4 Å². The number of benzene rings is 1. The fraction of sp³-hybridized carbons (Fsp3) is 0.480. The maximum atomic E-state index is 15.3. The van der Waals surface area contributed by atoms with Crippen molar-refractivity contribution in [2.24, 2.45) is 0 Å². The highest BCUT2D eigenvalue weighted by Gasteiger charge is 2.49. The van der Waals surface area contributed by atoms with Gasteiger partial charge in [-0.3, -0.25) is 0 Å². The first-order valence-electron chi connectivity index (χ1n) is 11.6. The van der Waals surface area contributed by atoms with Crippen molar-refractivity contribution in [3.05, 3.63) is 53.1 Å². The molecule has 2 N–H and O–H groups in total. The molecule has 2 fully saturated rings. The van der Waals surface area contributed by atoms with Crippen LogP contribution in [0, 0.1) is 12.7 Å². The zero-order valence-electron chi connectivity index (χ0n) is 20.0. The molecule has 2 aliphatic rings. The number of hydrogen-bond donors (Lipinski definition) is 2. The third-order valence-corrected chi connectivity index (χ3v) is 6.98. The van der Waals surface area contributed by atoms with E-state index >= 15 is 4.39 Å². The summed E-state index contributed by atoms with van der Waals surface area (Å²) < 4.78 is 50.5.